The zero-order valence-corrected chi connectivity index (χ0v) is 31.2. The molecular weight excluding hydrogens is 628 g/mol. The van der Waals surface area contributed by atoms with E-state index in [1.165, 1.54) is 12.5 Å². The maximum Gasteiger partial charge on any atom is 0.519 e. The summed E-state index contributed by atoms with van der Waals surface area (Å²) in [5, 5.41) is 8.63. The standard InChI is InChI=1S/C18H20O3.C13H10O3.C6H6O.3C2H6/c1-13(19)21-17-11-7-15(8-12-17)18(2,3)14-5-9-16(20-4)10-6-14;14-13(15-11-7-3-1-4-8-11)16-12-9-5-2-6-10-12;7-6-4-2-1-3-5-6;3*1-2/h5-12H,1-4H3;1-10H;1-5,7H;3*1-2H3. The van der Waals surface area contributed by atoms with Crippen LogP contribution in [0.15, 0.2) is 140 Å². The van der Waals surface area contributed by atoms with Crippen molar-refractivity contribution in [2.75, 3.05) is 7.11 Å². The van der Waals surface area contributed by atoms with Crippen LogP contribution in [0.3, 0.4) is 0 Å². The third-order valence-corrected chi connectivity index (χ3v) is 6.29. The van der Waals surface area contributed by atoms with E-state index in [1.807, 2.05) is 96.1 Å². The van der Waals surface area contributed by atoms with Crippen molar-refractivity contribution < 1.29 is 33.6 Å². The monoisotopic (exact) mass is 682 g/mol. The topological polar surface area (TPSA) is 91.3 Å². The Kier molecular flexibility index (Phi) is 23.5. The van der Waals surface area contributed by atoms with Crippen LogP contribution < -0.4 is 18.9 Å². The van der Waals surface area contributed by atoms with E-state index in [2.05, 4.69) is 26.0 Å². The van der Waals surface area contributed by atoms with Gasteiger partial charge in [-0.2, -0.15) is 0 Å². The van der Waals surface area contributed by atoms with E-state index in [0.29, 0.717) is 23.0 Å². The molecule has 0 heterocycles. The van der Waals surface area contributed by atoms with Crippen molar-refractivity contribution in [2.24, 2.45) is 0 Å². The van der Waals surface area contributed by atoms with Crippen LogP contribution in [0, 0.1) is 0 Å². The van der Waals surface area contributed by atoms with Crippen LogP contribution in [0.4, 0.5) is 4.79 Å². The fourth-order valence-corrected chi connectivity index (χ4v) is 3.90. The third kappa shape index (κ3) is 17.6. The lowest BCUT2D eigenvalue weighted by atomic mass is 9.78. The number of benzene rings is 5. The molecule has 0 unspecified atom stereocenters. The Labute approximate surface area is 299 Å². The van der Waals surface area contributed by atoms with Gasteiger partial charge >= 0.3 is 12.1 Å². The van der Waals surface area contributed by atoms with Crippen LogP contribution >= 0.6 is 0 Å². The molecule has 0 saturated heterocycles. The van der Waals surface area contributed by atoms with Gasteiger partial charge in [-0.25, -0.2) is 4.79 Å². The minimum absolute atomic E-state index is 0.138. The molecule has 0 spiro atoms. The number of para-hydroxylation sites is 3. The summed E-state index contributed by atoms with van der Waals surface area (Å²) >= 11 is 0. The Balaban J connectivity index is 0.000000727. The summed E-state index contributed by atoms with van der Waals surface area (Å²) in [5.74, 6) is 2.35. The van der Waals surface area contributed by atoms with E-state index in [9.17, 15) is 9.59 Å². The van der Waals surface area contributed by atoms with Gasteiger partial charge < -0.3 is 24.1 Å². The average Bonchev–Trinajstić information content (AvgIpc) is 3.16. The normalized spacial score (nSPS) is 9.24. The number of carbonyl (C=O) groups is 2. The maximum atomic E-state index is 11.3. The molecule has 0 aliphatic rings. The Morgan fingerprint density at radius 1 is 0.480 bits per heavy atom. The van der Waals surface area contributed by atoms with Crippen LogP contribution in [0.5, 0.6) is 28.7 Å². The molecule has 5 aromatic rings. The van der Waals surface area contributed by atoms with Gasteiger partial charge in [-0.1, -0.05) is 134 Å². The molecule has 7 nitrogen and oxygen atoms in total. The summed E-state index contributed by atoms with van der Waals surface area (Å²) in [6.45, 7) is 17.7. The van der Waals surface area contributed by atoms with Crippen molar-refractivity contribution in [3.63, 3.8) is 0 Å². The molecule has 0 amide bonds. The highest BCUT2D eigenvalue weighted by Crippen LogP contribution is 2.33. The van der Waals surface area contributed by atoms with Gasteiger partial charge in [-0.05, 0) is 71.8 Å². The van der Waals surface area contributed by atoms with Gasteiger partial charge in [0.05, 0.1) is 7.11 Å². The second kappa shape index (κ2) is 26.4. The second-order valence-corrected chi connectivity index (χ2v) is 9.89. The molecule has 0 aliphatic carbocycles. The van der Waals surface area contributed by atoms with E-state index < -0.39 is 6.16 Å². The van der Waals surface area contributed by atoms with Crippen LogP contribution in [0.1, 0.15) is 73.4 Å². The number of methoxy groups -OCH3 is 1. The van der Waals surface area contributed by atoms with Crippen molar-refractivity contribution in [3.05, 3.63) is 151 Å². The number of esters is 1. The predicted octanol–water partition coefficient (Wildman–Crippen LogP) is 11.7. The van der Waals surface area contributed by atoms with Crippen molar-refractivity contribution in [2.45, 2.75) is 67.7 Å². The Morgan fingerprint density at radius 2 is 0.800 bits per heavy atom. The van der Waals surface area contributed by atoms with E-state index in [0.717, 1.165) is 11.3 Å². The summed E-state index contributed by atoms with van der Waals surface area (Å²) in [7, 11) is 1.66. The number of aromatic hydroxyl groups is 1. The Morgan fingerprint density at radius 3 is 1.10 bits per heavy atom. The molecule has 50 heavy (non-hydrogen) atoms. The third-order valence-electron chi connectivity index (χ3n) is 6.29. The fraction of sp³-hybridized carbons (Fsp3) is 0.256. The highest BCUT2D eigenvalue weighted by atomic mass is 16.7. The molecule has 7 heteroatoms. The number of ether oxygens (including phenoxy) is 4. The summed E-state index contributed by atoms with van der Waals surface area (Å²) < 4.78 is 20.2. The lowest BCUT2D eigenvalue weighted by Crippen LogP contribution is -2.18. The summed E-state index contributed by atoms with van der Waals surface area (Å²) in [6, 6.07) is 42.0. The molecule has 0 aromatic heterocycles. The van der Waals surface area contributed by atoms with E-state index in [-0.39, 0.29) is 11.4 Å². The van der Waals surface area contributed by atoms with Crippen LogP contribution in [-0.2, 0) is 10.2 Å². The first-order chi connectivity index (χ1) is 24.2. The van der Waals surface area contributed by atoms with Gasteiger partial charge in [-0.15, -0.1) is 0 Å². The summed E-state index contributed by atoms with van der Waals surface area (Å²) in [4.78, 5) is 22.3. The van der Waals surface area contributed by atoms with E-state index in [4.69, 9.17) is 24.1 Å². The van der Waals surface area contributed by atoms with Crippen LogP contribution in [0.2, 0.25) is 0 Å². The van der Waals surface area contributed by atoms with Gasteiger partial charge in [0.15, 0.2) is 0 Å². The Hall–Kier alpha value is -5.56. The van der Waals surface area contributed by atoms with Crippen LogP contribution in [0.25, 0.3) is 0 Å². The maximum absolute atomic E-state index is 11.3. The van der Waals surface area contributed by atoms with Crippen molar-refractivity contribution in [1.82, 2.24) is 0 Å². The first-order valence-electron chi connectivity index (χ1n) is 16.8. The predicted molar refractivity (Wildman–Crippen MR) is 205 cm³/mol. The molecule has 0 atom stereocenters. The molecule has 0 bridgehead atoms. The largest absolute Gasteiger partial charge is 0.519 e. The highest BCUT2D eigenvalue weighted by molar-refractivity contribution is 5.69. The molecule has 268 valence electrons. The number of rotatable bonds is 6. The minimum Gasteiger partial charge on any atom is -0.508 e. The molecule has 0 fully saturated rings. The first kappa shape index (κ1) is 44.4. The smallest absolute Gasteiger partial charge is 0.508 e. The zero-order valence-electron chi connectivity index (χ0n) is 31.2. The highest BCUT2D eigenvalue weighted by Gasteiger charge is 2.23. The molecular formula is C43H54O7. The van der Waals surface area contributed by atoms with Crippen molar-refractivity contribution in [1.29, 1.82) is 0 Å². The molecule has 0 radical (unpaired) electrons. The number of carbonyl (C=O) groups excluding carboxylic acids is 2. The van der Waals surface area contributed by atoms with Crippen LogP contribution in [-0.4, -0.2) is 24.3 Å². The minimum atomic E-state index is -0.739. The van der Waals surface area contributed by atoms with Gasteiger partial charge in [0.25, 0.3) is 0 Å². The molecule has 5 aromatic carbocycles. The fourth-order valence-electron chi connectivity index (χ4n) is 3.90. The van der Waals surface area contributed by atoms with Gasteiger partial charge in [-0.3, -0.25) is 4.79 Å². The number of hydrogen-bond donors (Lipinski definition) is 1. The first-order valence-corrected chi connectivity index (χ1v) is 16.8. The van der Waals surface area contributed by atoms with Gasteiger partial charge in [0.1, 0.15) is 28.7 Å². The average molecular weight is 683 g/mol. The molecule has 0 saturated carbocycles. The number of phenolic OH excluding ortho intramolecular Hbond substituents is 1. The Bertz CT molecular complexity index is 1510. The molecule has 0 aliphatic heterocycles. The van der Waals surface area contributed by atoms with Gasteiger partial charge in [0.2, 0.25) is 0 Å². The summed E-state index contributed by atoms with van der Waals surface area (Å²) in [5.41, 5.74) is 2.22. The van der Waals surface area contributed by atoms with Crippen molar-refractivity contribution in [3.8, 4) is 28.7 Å². The lowest BCUT2D eigenvalue weighted by Gasteiger charge is -2.26. The van der Waals surface area contributed by atoms with Crippen molar-refractivity contribution >= 4 is 12.1 Å². The van der Waals surface area contributed by atoms with E-state index >= 15 is 0 Å². The zero-order chi connectivity index (χ0) is 37.8. The molecule has 5 rings (SSSR count). The summed E-state index contributed by atoms with van der Waals surface area (Å²) in [6.07, 6.45) is -0.739. The van der Waals surface area contributed by atoms with Gasteiger partial charge in [0, 0.05) is 12.3 Å². The number of hydrogen-bond acceptors (Lipinski definition) is 7. The number of phenols is 1. The molecule has 1 N–H and O–H groups in total. The lowest BCUT2D eigenvalue weighted by molar-refractivity contribution is -0.131. The van der Waals surface area contributed by atoms with E-state index in [1.54, 1.807) is 79.9 Å². The quantitative estimate of drug-likeness (QED) is 0.108. The second-order valence-electron chi connectivity index (χ2n) is 9.89. The SMILES string of the molecule is CC.CC.CC.COc1ccc(C(C)(C)c2ccc(OC(C)=O)cc2)cc1.O=C(Oc1ccccc1)Oc1ccccc1.Oc1ccccc1.